The summed E-state index contributed by atoms with van der Waals surface area (Å²) in [7, 11) is 1.41. The van der Waals surface area contributed by atoms with E-state index in [4.69, 9.17) is 9.72 Å². The van der Waals surface area contributed by atoms with E-state index in [1.807, 2.05) is 6.92 Å². The Bertz CT molecular complexity index is 636. The molecule has 0 atom stereocenters. The molecule has 0 spiro atoms. The highest BCUT2D eigenvalue weighted by atomic mass is 16.5. The topological polar surface area (TPSA) is 64.1 Å². The maximum atomic E-state index is 12.1. The number of hydrogen-bond donors (Lipinski definition) is 1. The fraction of sp³-hybridized carbons (Fsp3) is 0.632. The highest BCUT2D eigenvalue weighted by molar-refractivity contribution is 5.90. The summed E-state index contributed by atoms with van der Waals surface area (Å²) in [6.45, 7) is 2.87. The van der Waals surface area contributed by atoms with Gasteiger partial charge >= 0.3 is 5.97 Å². The van der Waals surface area contributed by atoms with Crippen LogP contribution in [-0.2, 0) is 11.2 Å². The summed E-state index contributed by atoms with van der Waals surface area (Å²) in [5.74, 6) is 1.63. The van der Waals surface area contributed by atoms with Gasteiger partial charge < -0.3 is 10.1 Å². The van der Waals surface area contributed by atoms with Crippen LogP contribution in [0.4, 0.5) is 5.82 Å². The van der Waals surface area contributed by atoms with Crippen molar-refractivity contribution in [3.63, 3.8) is 0 Å². The predicted molar refractivity (Wildman–Crippen MR) is 94.4 cm³/mol. The molecule has 24 heavy (non-hydrogen) atoms. The summed E-state index contributed by atoms with van der Waals surface area (Å²) < 4.78 is 4.92. The Morgan fingerprint density at radius 1 is 1.33 bits per heavy atom. The zero-order valence-electron chi connectivity index (χ0n) is 14.7. The van der Waals surface area contributed by atoms with Crippen LogP contribution in [-0.4, -0.2) is 29.6 Å². The smallest absolute Gasteiger partial charge is 0.357 e. The number of methoxy groups -OCH3 is 1. The molecule has 0 unspecified atom stereocenters. The molecule has 1 aromatic rings. The second kappa shape index (κ2) is 7.77. The zero-order valence-corrected chi connectivity index (χ0v) is 14.7. The Kier molecular flexibility index (Phi) is 5.48. The molecule has 1 saturated carbocycles. The van der Waals surface area contributed by atoms with E-state index >= 15 is 0 Å². The number of ether oxygens (including phenoxy) is 1. The first-order chi connectivity index (χ1) is 11.7. The number of carbonyl (C=O) groups excluding carboxylic acids is 1. The van der Waals surface area contributed by atoms with Gasteiger partial charge in [0.1, 0.15) is 11.6 Å². The maximum Gasteiger partial charge on any atom is 0.357 e. The van der Waals surface area contributed by atoms with Gasteiger partial charge in [-0.05, 0) is 51.4 Å². The molecule has 0 bridgehead atoms. The van der Waals surface area contributed by atoms with Crippen LogP contribution in [0.25, 0.3) is 0 Å². The van der Waals surface area contributed by atoms with E-state index < -0.39 is 0 Å². The van der Waals surface area contributed by atoms with Crippen LogP contribution < -0.4 is 5.32 Å². The SMILES string of the molecule is CCc1c(NCCC2=CCCCC2)nc(C2CC2)nc1C(=O)OC. The number of rotatable bonds is 7. The lowest BCUT2D eigenvalue weighted by Crippen LogP contribution is -2.16. The van der Waals surface area contributed by atoms with Gasteiger partial charge in [0.25, 0.3) is 0 Å². The lowest BCUT2D eigenvalue weighted by atomic mass is 9.97. The lowest BCUT2D eigenvalue weighted by molar-refractivity contribution is 0.0592. The predicted octanol–water partition coefficient (Wildman–Crippen LogP) is 4.01. The minimum Gasteiger partial charge on any atom is -0.464 e. The number of nitrogens with one attached hydrogen (secondary N) is 1. The van der Waals surface area contributed by atoms with Crippen LogP contribution in [0.15, 0.2) is 11.6 Å². The average molecular weight is 329 g/mol. The van der Waals surface area contributed by atoms with Crippen LogP contribution in [0.3, 0.4) is 0 Å². The molecule has 5 nitrogen and oxygen atoms in total. The molecule has 2 aliphatic rings. The van der Waals surface area contributed by atoms with Crippen molar-refractivity contribution in [2.24, 2.45) is 0 Å². The summed E-state index contributed by atoms with van der Waals surface area (Å²) in [6, 6.07) is 0. The van der Waals surface area contributed by atoms with E-state index in [-0.39, 0.29) is 5.97 Å². The quantitative estimate of drug-likeness (QED) is 0.605. The molecule has 1 aromatic heterocycles. The molecule has 1 N–H and O–H groups in total. The standard InChI is InChI=1S/C19H27N3O2/c1-3-15-16(19(23)24-2)21-17(14-9-10-14)22-18(15)20-12-11-13-7-5-4-6-8-13/h7,14H,3-6,8-12H2,1-2H3,(H,20,21,22). The number of nitrogens with zero attached hydrogens (tertiary/aromatic N) is 2. The molecule has 1 heterocycles. The molecule has 3 rings (SSSR count). The summed E-state index contributed by atoms with van der Waals surface area (Å²) >= 11 is 0. The maximum absolute atomic E-state index is 12.1. The Labute approximate surface area is 143 Å². The van der Waals surface area contributed by atoms with E-state index in [0.717, 1.165) is 43.0 Å². The van der Waals surface area contributed by atoms with Crippen LogP contribution in [0.5, 0.6) is 0 Å². The normalized spacial score (nSPS) is 17.3. The van der Waals surface area contributed by atoms with Gasteiger partial charge in [-0.15, -0.1) is 0 Å². The second-order valence-corrected chi connectivity index (χ2v) is 6.66. The summed E-state index contributed by atoms with van der Waals surface area (Å²) in [5, 5.41) is 3.45. The van der Waals surface area contributed by atoms with Gasteiger partial charge in [-0.2, -0.15) is 0 Å². The average Bonchev–Trinajstić information content (AvgIpc) is 3.46. The third-order valence-corrected chi connectivity index (χ3v) is 4.82. The van der Waals surface area contributed by atoms with Crippen LogP contribution >= 0.6 is 0 Å². The number of allylic oxidation sites excluding steroid dienone is 1. The molecular formula is C19H27N3O2. The van der Waals surface area contributed by atoms with Crippen molar-refractivity contribution >= 4 is 11.8 Å². The molecular weight excluding hydrogens is 302 g/mol. The van der Waals surface area contributed by atoms with Gasteiger partial charge in [-0.1, -0.05) is 18.6 Å². The zero-order chi connectivity index (χ0) is 16.9. The molecule has 0 aromatic carbocycles. The third kappa shape index (κ3) is 3.94. The first kappa shape index (κ1) is 16.9. The van der Waals surface area contributed by atoms with Gasteiger partial charge in [0, 0.05) is 18.0 Å². The van der Waals surface area contributed by atoms with E-state index in [1.54, 1.807) is 0 Å². The van der Waals surface area contributed by atoms with Gasteiger partial charge in [0.2, 0.25) is 0 Å². The van der Waals surface area contributed by atoms with Crippen LogP contribution in [0.2, 0.25) is 0 Å². The summed E-state index contributed by atoms with van der Waals surface area (Å²) in [5.41, 5.74) is 2.83. The Morgan fingerprint density at radius 2 is 2.17 bits per heavy atom. The monoisotopic (exact) mass is 329 g/mol. The molecule has 0 amide bonds. The molecule has 0 saturated heterocycles. The molecule has 5 heteroatoms. The number of hydrogen-bond acceptors (Lipinski definition) is 5. The van der Waals surface area contributed by atoms with Gasteiger partial charge in [-0.3, -0.25) is 0 Å². The van der Waals surface area contributed by atoms with Crippen molar-refractivity contribution in [3.8, 4) is 0 Å². The second-order valence-electron chi connectivity index (χ2n) is 6.66. The molecule has 0 radical (unpaired) electrons. The fourth-order valence-corrected chi connectivity index (χ4v) is 3.25. The van der Waals surface area contributed by atoms with Crippen molar-refractivity contribution in [3.05, 3.63) is 28.7 Å². The lowest BCUT2D eigenvalue weighted by Gasteiger charge is -2.16. The van der Waals surface area contributed by atoms with Gasteiger partial charge in [0.15, 0.2) is 5.69 Å². The number of carbonyl (C=O) groups is 1. The van der Waals surface area contributed by atoms with Crippen LogP contribution in [0, 0.1) is 0 Å². The van der Waals surface area contributed by atoms with E-state index in [1.165, 1.54) is 38.4 Å². The molecule has 1 fully saturated rings. The van der Waals surface area contributed by atoms with E-state index in [0.29, 0.717) is 18.0 Å². The van der Waals surface area contributed by atoms with Crippen molar-refractivity contribution in [2.75, 3.05) is 19.0 Å². The van der Waals surface area contributed by atoms with Crippen molar-refractivity contribution < 1.29 is 9.53 Å². The minimum atomic E-state index is -0.366. The third-order valence-electron chi connectivity index (χ3n) is 4.82. The first-order valence-electron chi connectivity index (χ1n) is 9.13. The van der Waals surface area contributed by atoms with Crippen molar-refractivity contribution in [1.82, 2.24) is 9.97 Å². The fourth-order valence-electron chi connectivity index (χ4n) is 3.25. The Morgan fingerprint density at radius 3 is 2.79 bits per heavy atom. The van der Waals surface area contributed by atoms with Gasteiger partial charge in [-0.25, -0.2) is 14.8 Å². The highest BCUT2D eigenvalue weighted by Crippen LogP contribution is 2.39. The Balaban J connectivity index is 1.77. The van der Waals surface area contributed by atoms with E-state index in [2.05, 4.69) is 16.4 Å². The van der Waals surface area contributed by atoms with Gasteiger partial charge in [0.05, 0.1) is 7.11 Å². The largest absolute Gasteiger partial charge is 0.464 e. The molecule has 2 aliphatic carbocycles. The van der Waals surface area contributed by atoms with Crippen LogP contribution in [0.1, 0.15) is 79.7 Å². The minimum absolute atomic E-state index is 0.366. The summed E-state index contributed by atoms with van der Waals surface area (Å²) in [6.07, 6.45) is 11.4. The number of anilines is 1. The highest BCUT2D eigenvalue weighted by Gasteiger charge is 2.30. The Hall–Kier alpha value is -1.91. The number of aromatic nitrogens is 2. The van der Waals surface area contributed by atoms with Crippen molar-refractivity contribution in [1.29, 1.82) is 0 Å². The van der Waals surface area contributed by atoms with E-state index in [9.17, 15) is 4.79 Å². The summed E-state index contributed by atoms with van der Waals surface area (Å²) in [4.78, 5) is 21.3. The first-order valence-corrected chi connectivity index (χ1v) is 9.13. The number of esters is 1. The van der Waals surface area contributed by atoms with Crippen molar-refractivity contribution in [2.45, 2.75) is 64.2 Å². The molecule has 0 aliphatic heterocycles. The molecule has 130 valence electrons.